The molecule has 0 aliphatic carbocycles. The first-order valence-electron chi connectivity index (χ1n) is 8.48. The van der Waals surface area contributed by atoms with E-state index >= 15 is 0 Å². The lowest BCUT2D eigenvalue weighted by molar-refractivity contribution is -0.113. The van der Waals surface area contributed by atoms with E-state index in [-0.39, 0.29) is 11.7 Å². The summed E-state index contributed by atoms with van der Waals surface area (Å²) >= 11 is 1.61. The van der Waals surface area contributed by atoms with Crippen LogP contribution in [0.5, 0.6) is 5.75 Å². The number of benzene rings is 2. The largest absolute Gasteiger partial charge is 0.497 e. The van der Waals surface area contributed by atoms with E-state index in [0.29, 0.717) is 39.1 Å². The van der Waals surface area contributed by atoms with Crippen LogP contribution in [0.2, 0.25) is 0 Å². The number of nitrogens with one attached hydrogen (secondary N) is 1. The maximum atomic E-state index is 12.7. The normalized spacial score (nSPS) is 10.9. The number of methoxy groups -OCH3 is 1. The van der Waals surface area contributed by atoms with Crippen molar-refractivity contribution in [3.63, 3.8) is 0 Å². The molecule has 1 aromatic heterocycles. The number of amides is 1. The predicted octanol–water partition coefficient (Wildman–Crippen LogP) is 4.54. The summed E-state index contributed by atoms with van der Waals surface area (Å²) in [5.74, 6) is -1.46. The number of carbonyl (C=O) groups excluding carboxylic acids is 1. The van der Waals surface area contributed by atoms with Crippen LogP contribution in [0.4, 0.5) is 14.5 Å². The second kappa shape index (κ2) is 9.75. The topological polar surface area (TPSA) is 69.0 Å². The van der Waals surface area contributed by atoms with E-state index in [1.54, 1.807) is 35.9 Å². The lowest BCUT2D eigenvalue weighted by atomic mass is 10.2. The molecule has 0 atom stereocenters. The number of nitrogens with zero attached hydrogens (tertiary/aromatic N) is 3. The summed E-state index contributed by atoms with van der Waals surface area (Å²) in [5, 5.41) is 11.6. The number of hydrogen-bond acceptors (Lipinski definition) is 6. The highest BCUT2D eigenvalue weighted by Gasteiger charge is 2.15. The zero-order valence-corrected chi connectivity index (χ0v) is 17.3. The standard InChI is InChI=1S/C19H18F2N4O2S2/c1-25-17(12-6-5-7-13(10-12)27-2)23-24-19(25)28-11-16(26)22-14-8-3-4-9-15(14)29-18(20)21/h3-10,18H,11H2,1-2H3,(H,22,26). The van der Waals surface area contributed by atoms with Crippen LogP contribution in [0.25, 0.3) is 11.4 Å². The van der Waals surface area contributed by atoms with Crippen LogP contribution in [0.1, 0.15) is 0 Å². The molecule has 29 heavy (non-hydrogen) atoms. The molecule has 6 nitrogen and oxygen atoms in total. The summed E-state index contributed by atoms with van der Waals surface area (Å²) < 4.78 is 32.3. The van der Waals surface area contributed by atoms with E-state index < -0.39 is 5.76 Å². The molecule has 0 saturated heterocycles. The van der Waals surface area contributed by atoms with Crippen molar-refractivity contribution in [2.45, 2.75) is 15.8 Å². The Kier molecular flexibility index (Phi) is 7.10. The van der Waals surface area contributed by atoms with Crippen molar-refractivity contribution in [2.75, 3.05) is 18.2 Å². The van der Waals surface area contributed by atoms with Crippen LogP contribution in [0.15, 0.2) is 58.6 Å². The Morgan fingerprint density at radius 3 is 2.76 bits per heavy atom. The van der Waals surface area contributed by atoms with Gasteiger partial charge in [-0.2, -0.15) is 8.78 Å². The van der Waals surface area contributed by atoms with Gasteiger partial charge in [0.1, 0.15) is 5.75 Å². The van der Waals surface area contributed by atoms with Crippen molar-refractivity contribution in [3.8, 4) is 17.1 Å². The Labute approximate surface area is 175 Å². The summed E-state index contributed by atoms with van der Waals surface area (Å²) in [6.07, 6.45) is 0. The van der Waals surface area contributed by atoms with Gasteiger partial charge in [0, 0.05) is 17.5 Å². The van der Waals surface area contributed by atoms with E-state index in [0.717, 1.165) is 5.56 Å². The van der Waals surface area contributed by atoms with Crippen LogP contribution in [0, 0.1) is 0 Å². The lowest BCUT2D eigenvalue weighted by Crippen LogP contribution is -2.15. The lowest BCUT2D eigenvalue weighted by Gasteiger charge is -2.10. The van der Waals surface area contributed by atoms with Crippen LogP contribution < -0.4 is 10.1 Å². The number of rotatable bonds is 8. The Bertz CT molecular complexity index is 998. The maximum absolute atomic E-state index is 12.7. The summed E-state index contributed by atoms with van der Waals surface area (Å²) in [6, 6.07) is 13.9. The number of anilines is 1. The van der Waals surface area contributed by atoms with E-state index in [9.17, 15) is 13.6 Å². The molecule has 0 spiro atoms. The van der Waals surface area contributed by atoms with Crippen LogP contribution in [0.3, 0.4) is 0 Å². The van der Waals surface area contributed by atoms with E-state index in [1.165, 1.54) is 11.8 Å². The third kappa shape index (κ3) is 5.48. The highest BCUT2D eigenvalue weighted by molar-refractivity contribution is 8.00. The second-order valence-electron chi connectivity index (χ2n) is 5.81. The zero-order valence-electron chi connectivity index (χ0n) is 15.6. The maximum Gasteiger partial charge on any atom is 0.288 e. The Balaban J connectivity index is 1.65. The Morgan fingerprint density at radius 1 is 1.21 bits per heavy atom. The minimum Gasteiger partial charge on any atom is -0.497 e. The van der Waals surface area contributed by atoms with Crippen molar-refractivity contribution in [1.82, 2.24) is 14.8 Å². The van der Waals surface area contributed by atoms with Crippen molar-refractivity contribution >= 4 is 35.1 Å². The Hall–Kier alpha value is -2.59. The molecule has 0 radical (unpaired) electrons. The molecule has 152 valence electrons. The number of halogens is 2. The van der Waals surface area contributed by atoms with Gasteiger partial charge in [-0.25, -0.2) is 0 Å². The molecule has 0 fully saturated rings. The predicted molar refractivity (Wildman–Crippen MR) is 111 cm³/mol. The first-order valence-corrected chi connectivity index (χ1v) is 10.3. The molecule has 0 aliphatic heterocycles. The minimum absolute atomic E-state index is 0.0672. The van der Waals surface area contributed by atoms with Gasteiger partial charge in [0.2, 0.25) is 5.91 Å². The number of carbonyl (C=O) groups is 1. The fourth-order valence-electron chi connectivity index (χ4n) is 2.54. The van der Waals surface area contributed by atoms with Gasteiger partial charge in [-0.1, -0.05) is 47.8 Å². The Morgan fingerprint density at radius 2 is 2.00 bits per heavy atom. The number of para-hydroxylation sites is 1. The van der Waals surface area contributed by atoms with Crippen molar-refractivity contribution in [2.24, 2.45) is 7.05 Å². The monoisotopic (exact) mass is 436 g/mol. The number of thioether (sulfide) groups is 2. The SMILES string of the molecule is COc1cccc(-c2nnc(SCC(=O)Nc3ccccc3SC(F)F)n2C)c1. The quantitative estimate of drug-likeness (QED) is 0.523. The van der Waals surface area contributed by atoms with Gasteiger partial charge in [-0.15, -0.1) is 10.2 Å². The zero-order chi connectivity index (χ0) is 20.8. The molecule has 3 rings (SSSR count). The average molecular weight is 437 g/mol. The number of hydrogen-bond donors (Lipinski definition) is 1. The van der Waals surface area contributed by atoms with Gasteiger partial charge in [0.25, 0.3) is 5.76 Å². The molecule has 1 amide bonds. The molecule has 0 bridgehead atoms. The van der Waals surface area contributed by atoms with Gasteiger partial charge in [0.05, 0.1) is 18.6 Å². The third-order valence-corrected chi connectivity index (χ3v) is 5.68. The first-order chi connectivity index (χ1) is 14.0. The minimum atomic E-state index is -2.56. The number of ether oxygens (including phenoxy) is 1. The fraction of sp³-hybridized carbons (Fsp3) is 0.211. The third-order valence-electron chi connectivity index (χ3n) is 3.87. The van der Waals surface area contributed by atoms with Crippen LogP contribution in [-0.2, 0) is 11.8 Å². The van der Waals surface area contributed by atoms with Crippen molar-refractivity contribution in [1.29, 1.82) is 0 Å². The molecular formula is C19H18F2N4O2S2. The van der Waals surface area contributed by atoms with Crippen molar-refractivity contribution in [3.05, 3.63) is 48.5 Å². The molecule has 0 aliphatic rings. The molecule has 10 heteroatoms. The van der Waals surface area contributed by atoms with Gasteiger partial charge in [0.15, 0.2) is 11.0 Å². The average Bonchev–Trinajstić information content (AvgIpc) is 3.08. The highest BCUT2D eigenvalue weighted by atomic mass is 32.2. The molecule has 2 aromatic carbocycles. The summed E-state index contributed by atoms with van der Waals surface area (Å²) in [4.78, 5) is 12.6. The first kappa shape index (κ1) is 21.1. The van der Waals surface area contributed by atoms with Gasteiger partial charge >= 0.3 is 0 Å². The molecule has 0 saturated carbocycles. The molecule has 1 N–H and O–H groups in total. The molecular weight excluding hydrogens is 418 g/mol. The van der Waals surface area contributed by atoms with E-state index in [4.69, 9.17) is 4.74 Å². The summed E-state index contributed by atoms with van der Waals surface area (Å²) in [6.45, 7) is 0. The molecule has 3 aromatic rings. The fourth-order valence-corrected chi connectivity index (χ4v) is 3.85. The number of alkyl halides is 2. The van der Waals surface area contributed by atoms with E-state index in [1.807, 2.05) is 31.3 Å². The number of aromatic nitrogens is 3. The highest BCUT2D eigenvalue weighted by Crippen LogP contribution is 2.32. The van der Waals surface area contributed by atoms with Gasteiger partial charge in [-0.05, 0) is 24.3 Å². The van der Waals surface area contributed by atoms with Crippen molar-refractivity contribution < 1.29 is 18.3 Å². The smallest absolute Gasteiger partial charge is 0.288 e. The molecule has 0 unspecified atom stereocenters. The van der Waals surface area contributed by atoms with Crippen LogP contribution >= 0.6 is 23.5 Å². The second-order valence-corrected chi connectivity index (χ2v) is 7.78. The van der Waals surface area contributed by atoms with E-state index in [2.05, 4.69) is 15.5 Å². The van der Waals surface area contributed by atoms with Crippen LogP contribution in [-0.4, -0.2) is 39.3 Å². The van der Waals surface area contributed by atoms with Gasteiger partial charge < -0.3 is 14.6 Å². The summed E-state index contributed by atoms with van der Waals surface area (Å²) in [7, 11) is 3.40. The van der Waals surface area contributed by atoms with Gasteiger partial charge in [-0.3, -0.25) is 4.79 Å². The summed E-state index contributed by atoms with van der Waals surface area (Å²) in [5.41, 5.74) is 1.20. The molecule has 1 heterocycles.